The fraction of sp³-hybridized carbons (Fsp3) is 0.643. The van der Waals surface area contributed by atoms with Gasteiger partial charge in [0.25, 0.3) is 0 Å². The van der Waals surface area contributed by atoms with Crippen LogP contribution in [-0.4, -0.2) is 37.1 Å². The van der Waals surface area contributed by atoms with Crippen LogP contribution in [0.1, 0.15) is 30.7 Å². The standard InChI is InChI=1S/C14H24N4O2S.HI/c1-5-11-8-16-12(21-11)9-18-14(15-6-2)17-7-10(3)13(19)20-4;/h8,10H,5-7,9H2,1-4H3,(H2,15,17,18);1H. The maximum atomic E-state index is 11.4. The number of carbonyl (C=O) groups is 1. The number of aromatic nitrogens is 1. The lowest BCUT2D eigenvalue weighted by Gasteiger charge is -2.14. The van der Waals surface area contributed by atoms with Crippen molar-refractivity contribution < 1.29 is 9.53 Å². The molecule has 8 heteroatoms. The number of esters is 1. The van der Waals surface area contributed by atoms with E-state index < -0.39 is 0 Å². The summed E-state index contributed by atoms with van der Waals surface area (Å²) in [6.45, 7) is 7.70. The average molecular weight is 440 g/mol. The number of aliphatic imine (C=N–C) groups is 1. The molecule has 1 aromatic rings. The lowest BCUT2D eigenvalue weighted by molar-refractivity contribution is -0.144. The number of hydrogen-bond acceptors (Lipinski definition) is 5. The molecule has 1 atom stereocenters. The van der Waals surface area contributed by atoms with Gasteiger partial charge < -0.3 is 15.4 Å². The third kappa shape index (κ3) is 7.39. The molecule has 0 fully saturated rings. The van der Waals surface area contributed by atoms with Crippen molar-refractivity contribution in [1.29, 1.82) is 0 Å². The molecule has 1 heterocycles. The van der Waals surface area contributed by atoms with Crippen LogP contribution in [-0.2, 0) is 22.5 Å². The lowest BCUT2D eigenvalue weighted by atomic mass is 10.2. The number of aryl methyl sites for hydroxylation is 1. The second kappa shape index (κ2) is 11.6. The molecule has 126 valence electrons. The van der Waals surface area contributed by atoms with E-state index >= 15 is 0 Å². The van der Waals surface area contributed by atoms with Gasteiger partial charge in [0.1, 0.15) is 5.01 Å². The van der Waals surface area contributed by atoms with Crippen LogP contribution in [0.3, 0.4) is 0 Å². The Bertz CT molecular complexity index is 479. The van der Waals surface area contributed by atoms with E-state index in [0.29, 0.717) is 19.0 Å². The normalized spacial score (nSPS) is 12.3. The Kier molecular flexibility index (Phi) is 11.2. The molecule has 0 saturated carbocycles. The van der Waals surface area contributed by atoms with Gasteiger partial charge in [0, 0.05) is 24.2 Å². The van der Waals surface area contributed by atoms with Crippen molar-refractivity contribution in [3.8, 4) is 0 Å². The highest BCUT2D eigenvalue weighted by Crippen LogP contribution is 2.13. The zero-order valence-corrected chi connectivity index (χ0v) is 16.7. The van der Waals surface area contributed by atoms with Gasteiger partial charge in [-0.1, -0.05) is 13.8 Å². The second-order valence-electron chi connectivity index (χ2n) is 4.57. The quantitative estimate of drug-likeness (QED) is 0.294. The van der Waals surface area contributed by atoms with Crippen LogP contribution in [0.2, 0.25) is 0 Å². The van der Waals surface area contributed by atoms with Crippen LogP contribution < -0.4 is 10.6 Å². The predicted octanol–water partition coefficient (Wildman–Crippen LogP) is 2.19. The van der Waals surface area contributed by atoms with Gasteiger partial charge in [-0.25, -0.2) is 9.98 Å². The summed E-state index contributed by atoms with van der Waals surface area (Å²) in [4.78, 5) is 21.4. The SMILES string of the molecule is CCNC(=NCc1ncc(CC)s1)NCC(C)C(=O)OC.I. The van der Waals surface area contributed by atoms with E-state index in [-0.39, 0.29) is 35.9 Å². The summed E-state index contributed by atoms with van der Waals surface area (Å²) in [5.74, 6) is 0.234. The molecule has 1 unspecified atom stereocenters. The fourth-order valence-corrected chi connectivity index (χ4v) is 2.39. The van der Waals surface area contributed by atoms with Crippen LogP contribution >= 0.6 is 35.3 Å². The zero-order chi connectivity index (χ0) is 15.7. The molecule has 0 aromatic carbocycles. The van der Waals surface area contributed by atoms with Crippen molar-refractivity contribution in [2.75, 3.05) is 20.2 Å². The largest absolute Gasteiger partial charge is 0.469 e. The Morgan fingerprint density at radius 1 is 1.45 bits per heavy atom. The summed E-state index contributed by atoms with van der Waals surface area (Å²) in [7, 11) is 1.39. The number of halogens is 1. The van der Waals surface area contributed by atoms with Gasteiger partial charge in [0.2, 0.25) is 0 Å². The minimum atomic E-state index is -0.231. The van der Waals surface area contributed by atoms with E-state index in [1.165, 1.54) is 12.0 Å². The van der Waals surface area contributed by atoms with Gasteiger partial charge in [-0.2, -0.15) is 0 Å². The summed E-state index contributed by atoms with van der Waals surface area (Å²) >= 11 is 1.68. The first-order valence-electron chi connectivity index (χ1n) is 7.14. The number of carbonyl (C=O) groups excluding carboxylic acids is 1. The van der Waals surface area contributed by atoms with Crippen molar-refractivity contribution in [2.24, 2.45) is 10.9 Å². The molecule has 0 aliphatic carbocycles. The van der Waals surface area contributed by atoms with Gasteiger partial charge in [-0.3, -0.25) is 4.79 Å². The Hall–Kier alpha value is -0.900. The molecule has 0 amide bonds. The Labute approximate surface area is 153 Å². The number of guanidine groups is 1. The molecule has 0 radical (unpaired) electrons. The summed E-state index contributed by atoms with van der Waals surface area (Å²) < 4.78 is 4.70. The van der Waals surface area contributed by atoms with Crippen LogP contribution in [0.4, 0.5) is 0 Å². The third-order valence-corrected chi connectivity index (χ3v) is 3.97. The molecule has 1 rings (SSSR count). The minimum absolute atomic E-state index is 0. The second-order valence-corrected chi connectivity index (χ2v) is 5.77. The van der Waals surface area contributed by atoms with E-state index in [1.54, 1.807) is 11.3 Å². The van der Waals surface area contributed by atoms with E-state index in [2.05, 4.69) is 27.5 Å². The van der Waals surface area contributed by atoms with E-state index in [0.717, 1.165) is 18.0 Å². The molecule has 0 saturated heterocycles. The van der Waals surface area contributed by atoms with E-state index in [1.807, 2.05) is 20.0 Å². The monoisotopic (exact) mass is 440 g/mol. The number of ether oxygens (including phenoxy) is 1. The molecule has 0 aliphatic heterocycles. The van der Waals surface area contributed by atoms with Crippen LogP contribution in [0.5, 0.6) is 0 Å². The first-order valence-corrected chi connectivity index (χ1v) is 7.95. The van der Waals surface area contributed by atoms with Gasteiger partial charge in [0.15, 0.2) is 5.96 Å². The number of thiazole rings is 1. The molecular formula is C14H25IN4O2S. The maximum Gasteiger partial charge on any atom is 0.310 e. The van der Waals surface area contributed by atoms with E-state index in [9.17, 15) is 4.79 Å². The van der Waals surface area contributed by atoms with Crippen molar-refractivity contribution in [3.63, 3.8) is 0 Å². The molecule has 2 N–H and O–H groups in total. The Morgan fingerprint density at radius 2 is 2.18 bits per heavy atom. The van der Waals surface area contributed by atoms with Crippen molar-refractivity contribution in [1.82, 2.24) is 15.6 Å². The van der Waals surface area contributed by atoms with Gasteiger partial charge >= 0.3 is 5.97 Å². The van der Waals surface area contributed by atoms with Crippen molar-refractivity contribution in [3.05, 3.63) is 16.1 Å². The number of hydrogen-bond donors (Lipinski definition) is 2. The number of nitrogens with one attached hydrogen (secondary N) is 2. The van der Waals surface area contributed by atoms with Gasteiger partial charge in [0.05, 0.1) is 19.6 Å². The Balaban J connectivity index is 0.00000441. The highest BCUT2D eigenvalue weighted by atomic mass is 127. The molecule has 0 aliphatic rings. The summed E-state index contributed by atoms with van der Waals surface area (Å²) in [5.41, 5.74) is 0. The van der Waals surface area contributed by atoms with Crippen molar-refractivity contribution in [2.45, 2.75) is 33.7 Å². The van der Waals surface area contributed by atoms with Crippen molar-refractivity contribution >= 4 is 47.2 Å². The minimum Gasteiger partial charge on any atom is -0.469 e. The molecule has 1 aromatic heterocycles. The lowest BCUT2D eigenvalue weighted by Crippen LogP contribution is -2.40. The highest BCUT2D eigenvalue weighted by molar-refractivity contribution is 14.0. The number of nitrogens with zero attached hydrogens (tertiary/aromatic N) is 2. The summed E-state index contributed by atoms with van der Waals surface area (Å²) in [5, 5.41) is 7.28. The smallest absolute Gasteiger partial charge is 0.310 e. The first-order chi connectivity index (χ1) is 10.1. The average Bonchev–Trinajstić information content (AvgIpc) is 2.96. The first kappa shape index (κ1) is 21.1. The maximum absolute atomic E-state index is 11.4. The molecule has 6 nitrogen and oxygen atoms in total. The summed E-state index contributed by atoms with van der Waals surface area (Å²) in [6.07, 6.45) is 2.89. The summed E-state index contributed by atoms with van der Waals surface area (Å²) in [6, 6.07) is 0. The van der Waals surface area contributed by atoms with Crippen LogP contribution in [0.25, 0.3) is 0 Å². The number of methoxy groups -OCH3 is 1. The predicted molar refractivity (Wildman–Crippen MR) is 101 cm³/mol. The van der Waals surface area contributed by atoms with Crippen LogP contribution in [0.15, 0.2) is 11.2 Å². The third-order valence-electron chi connectivity index (χ3n) is 2.85. The van der Waals surface area contributed by atoms with Crippen LogP contribution in [0, 0.1) is 5.92 Å². The fourth-order valence-electron chi connectivity index (χ4n) is 1.61. The molecular weight excluding hydrogens is 415 g/mol. The highest BCUT2D eigenvalue weighted by Gasteiger charge is 2.13. The topological polar surface area (TPSA) is 75.6 Å². The number of rotatable bonds is 7. The molecule has 0 spiro atoms. The van der Waals surface area contributed by atoms with E-state index in [4.69, 9.17) is 4.74 Å². The Morgan fingerprint density at radius 3 is 2.73 bits per heavy atom. The van der Waals surface area contributed by atoms with Gasteiger partial charge in [-0.05, 0) is 13.3 Å². The van der Waals surface area contributed by atoms with Gasteiger partial charge in [-0.15, -0.1) is 35.3 Å². The molecule has 0 bridgehead atoms. The molecule has 22 heavy (non-hydrogen) atoms. The zero-order valence-electron chi connectivity index (χ0n) is 13.5.